The zero-order valence-corrected chi connectivity index (χ0v) is 13.3. The van der Waals surface area contributed by atoms with Crippen molar-refractivity contribution in [2.45, 2.75) is 26.2 Å². The lowest BCUT2D eigenvalue weighted by Gasteiger charge is -2.22. The lowest BCUT2D eigenvalue weighted by atomic mass is 9.85. The molecule has 1 aromatic heterocycles. The summed E-state index contributed by atoms with van der Waals surface area (Å²) in [7, 11) is 1.66. The Hall–Kier alpha value is -1.88. The molecule has 0 bridgehead atoms. The molecule has 2 aromatic rings. The number of para-hydroxylation sites is 1. The van der Waals surface area contributed by atoms with Crippen molar-refractivity contribution in [3.8, 4) is 5.75 Å². The van der Waals surface area contributed by atoms with Crippen LogP contribution in [0.4, 0.5) is 5.13 Å². The van der Waals surface area contributed by atoms with Crippen LogP contribution >= 0.6 is 11.3 Å². The van der Waals surface area contributed by atoms with Crippen LogP contribution in [-0.2, 0) is 4.79 Å². The van der Waals surface area contributed by atoms with Gasteiger partial charge in [-0.05, 0) is 23.5 Å². The maximum atomic E-state index is 12.2. The van der Waals surface area contributed by atoms with E-state index in [0.717, 1.165) is 11.3 Å². The Morgan fingerprint density at radius 1 is 1.38 bits per heavy atom. The van der Waals surface area contributed by atoms with Crippen molar-refractivity contribution in [2.75, 3.05) is 12.4 Å². The molecule has 1 atom stereocenters. The Balaban J connectivity index is 2.14. The number of methoxy groups -OCH3 is 1. The lowest BCUT2D eigenvalue weighted by Crippen LogP contribution is -2.19. The SMILES string of the molecule is COc1ccccc1[C@H](CC(=O)Nc1nccs1)C(C)C. The van der Waals surface area contributed by atoms with Gasteiger partial charge < -0.3 is 10.1 Å². The number of hydrogen-bond acceptors (Lipinski definition) is 4. The zero-order valence-electron chi connectivity index (χ0n) is 12.5. The van der Waals surface area contributed by atoms with Gasteiger partial charge in [0, 0.05) is 18.0 Å². The Morgan fingerprint density at radius 2 is 2.14 bits per heavy atom. The second kappa shape index (κ2) is 7.22. The number of thiazole rings is 1. The molecular weight excluding hydrogens is 284 g/mol. The van der Waals surface area contributed by atoms with Gasteiger partial charge in [0.15, 0.2) is 5.13 Å². The van der Waals surface area contributed by atoms with Crippen molar-refractivity contribution in [3.05, 3.63) is 41.4 Å². The molecule has 0 radical (unpaired) electrons. The molecule has 0 aliphatic rings. The third-order valence-corrected chi connectivity index (χ3v) is 4.12. The fourth-order valence-corrected chi connectivity index (χ4v) is 2.88. The maximum absolute atomic E-state index is 12.2. The monoisotopic (exact) mass is 304 g/mol. The highest BCUT2D eigenvalue weighted by Gasteiger charge is 2.22. The molecule has 112 valence electrons. The molecule has 0 aliphatic heterocycles. The van der Waals surface area contributed by atoms with E-state index in [2.05, 4.69) is 24.1 Å². The average molecular weight is 304 g/mol. The minimum atomic E-state index is -0.0189. The summed E-state index contributed by atoms with van der Waals surface area (Å²) in [6.07, 6.45) is 2.10. The van der Waals surface area contributed by atoms with Crippen LogP contribution in [0, 0.1) is 5.92 Å². The molecule has 21 heavy (non-hydrogen) atoms. The van der Waals surface area contributed by atoms with E-state index in [4.69, 9.17) is 4.74 Å². The number of carbonyl (C=O) groups excluding carboxylic acids is 1. The highest BCUT2D eigenvalue weighted by molar-refractivity contribution is 7.13. The first-order chi connectivity index (χ1) is 10.1. The van der Waals surface area contributed by atoms with Crippen LogP contribution in [0.2, 0.25) is 0 Å². The highest BCUT2D eigenvalue weighted by atomic mass is 32.1. The van der Waals surface area contributed by atoms with Crippen LogP contribution in [0.1, 0.15) is 31.7 Å². The molecule has 0 saturated carbocycles. The number of amides is 1. The van der Waals surface area contributed by atoms with E-state index in [1.54, 1.807) is 13.3 Å². The Kier molecular flexibility index (Phi) is 5.33. The molecule has 2 rings (SSSR count). The smallest absolute Gasteiger partial charge is 0.226 e. The molecule has 0 saturated heterocycles. The van der Waals surface area contributed by atoms with E-state index in [-0.39, 0.29) is 11.8 Å². The van der Waals surface area contributed by atoms with Gasteiger partial charge in [-0.1, -0.05) is 32.0 Å². The summed E-state index contributed by atoms with van der Waals surface area (Å²) in [6.45, 7) is 4.24. The van der Waals surface area contributed by atoms with Crippen LogP contribution < -0.4 is 10.1 Å². The molecule has 1 heterocycles. The maximum Gasteiger partial charge on any atom is 0.226 e. The molecule has 5 heteroatoms. The number of benzene rings is 1. The zero-order chi connectivity index (χ0) is 15.2. The number of aromatic nitrogens is 1. The van der Waals surface area contributed by atoms with Crippen molar-refractivity contribution in [2.24, 2.45) is 5.92 Å². The van der Waals surface area contributed by atoms with E-state index in [9.17, 15) is 4.79 Å². The van der Waals surface area contributed by atoms with Crippen LogP contribution in [-0.4, -0.2) is 18.0 Å². The normalized spacial score (nSPS) is 12.2. The van der Waals surface area contributed by atoms with Crippen LogP contribution in [0.25, 0.3) is 0 Å². The number of anilines is 1. The number of hydrogen-bond donors (Lipinski definition) is 1. The molecule has 0 spiro atoms. The molecule has 1 aromatic carbocycles. The van der Waals surface area contributed by atoms with Crippen molar-refractivity contribution in [3.63, 3.8) is 0 Å². The second-order valence-corrected chi connectivity index (χ2v) is 6.08. The average Bonchev–Trinajstić information content (AvgIpc) is 2.97. The first-order valence-electron chi connectivity index (χ1n) is 6.94. The predicted octanol–water partition coefficient (Wildman–Crippen LogP) is 3.92. The van der Waals surface area contributed by atoms with E-state index >= 15 is 0 Å². The Morgan fingerprint density at radius 3 is 2.76 bits per heavy atom. The number of ether oxygens (including phenoxy) is 1. The topological polar surface area (TPSA) is 51.2 Å². The van der Waals surface area contributed by atoms with Gasteiger partial charge in [-0.2, -0.15) is 0 Å². The predicted molar refractivity (Wildman–Crippen MR) is 85.9 cm³/mol. The second-order valence-electron chi connectivity index (χ2n) is 5.18. The molecule has 0 fully saturated rings. The molecular formula is C16H20N2O2S. The van der Waals surface area contributed by atoms with E-state index in [1.165, 1.54) is 11.3 Å². The van der Waals surface area contributed by atoms with E-state index in [0.29, 0.717) is 17.5 Å². The minimum Gasteiger partial charge on any atom is -0.496 e. The van der Waals surface area contributed by atoms with Gasteiger partial charge in [0.1, 0.15) is 5.75 Å². The van der Waals surface area contributed by atoms with Crippen molar-refractivity contribution >= 4 is 22.4 Å². The van der Waals surface area contributed by atoms with Gasteiger partial charge in [-0.25, -0.2) is 4.98 Å². The minimum absolute atomic E-state index is 0.0189. The first-order valence-corrected chi connectivity index (χ1v) is 7.82. The Labute approximate surface area is 129 Å². The number of rotatable bonds is 6. The third-order valence-electron chi connectivity index (χ3n) is 3.43. The first kappa shape index (κ1) is 15.5. The summed E-state index contributed by atoms with van der Waals surface area (Å²) >= 11 is 1.42. The van der Waals surface area contributed by atoms with Gasteiger partial charge in [0.05, 0.1) is 7.11 Å². The van der Waals surface area contributed by atoms with E-state index in [1.807, 2.05) is 29.6 Å². The Bertz CT molecular complexity index is 582. The molecule has 4 nitrogen and oxygen atoms in total. The summed E-state index contributed by atoms with van der Waals surface area (Å²) in [4.78, 5) is 16.3. The number of nitrogens with one attached hydrogen (secondary N) is 1. The standard InChI is InChI=1S/C16H20N2O2S/c1-11(2)13(12-6-4-5-7-14(12)20-3)10-15(19)18-16-17-8-9-21-16/h4-9,11,13H,10H2,1-3H3,(H,17,18,19)/t13-/m1/s1. The summed E-state index contributed by atoms with van der Waals surface area (Å²) in [5.74, 6) is 1.26. The highest BCUT2D eigenvalue weighted by Crippen LogP contribution is 2.34. The van der Waals surface area contributed by atoms with Gasteiger partial charge in [0.25, 0.3) is 0 Å². The van der Waals surface area contributed by atoms with Crippen molar-refractivity contribution < 1.29 is 9.53 Å². The third kappa shape index (κ3) is 4.04. The molecule has 1 amide bonds. The van der Waals surface area contributed by atoms with Crippen LogP contribution in [0.15, 0.2) is 35.8 Å². The van der Waals surface area contributed by atoms with Gasteiger partial charge in [-0.3, -0.25) is 4.79 Å². The molecule has 0 aliphatic carbocycles. The van der Waals surface area contributed by atoms with E-state index < -0.39 is 0 Å². The fourth-order valence-electron chi connectivity index (χ4n) is 2.33. The number of nitrogens with zero attached hydrogens (tertiary/aromatic N) is 1. The van der Waals surface area contributed by atoms with Gasteiger partial charge >= 0.3 is 0 Å². The largest absolute Gasteiger partial charge is 0.496 e. The summed E-state index contributed by atoms with van der Waals surface area (Å²) in [5.41, 5.74) is 1.07. The quantitative estimate of drug-likeness (QED) is 0.880. The van der Waals surface area contributed by atoms with Crippen LogP contribution in [0.5, 0.6) is 5.75 Å². The number of carbonyl (C=O) groups is 1. The summed E-state index contributed by atoms with van der Waals surface area (Å²) in [5, 5.41) is 5.33. The van der Waals surface area contributed by atoms with Crippen LogP contribution in [0.3, 0.4) is 0 Å². The fraction of sp³-hybridized carbons (Fsp3) is 0.375. The lowest BCUT2D eigenvalue weighted by molar-refractivity contribution is -0.116. The van der Waals surface area contributed by atoms with Crippen molar-refractivity contribution in [1.82, 2.24) is 4.98 Å². The summed E-state index contributed by atoms with van der Waals surface area (Å²) < 4.78 is 5.42. The summed E-state index contributed by atoms with van der Waals surface area (Å²) in [6, 6.07) is 7.88. The van der Waals surface area contributed by atoms with Crippen molar-refractivity contribution in [1.29, 1.82) is 0 Å². The molecule has 0 unspecified atom stereocenters. The van der Waals surface area contributed by atoms with Gasteiger partial charge in [-0.15, -0.1) is 11.3 Å². The van der Waals surface area contributed by atoms with Gasteiger partial charge in [0.2, 0.25) is 5.91 Å². The molecule has 1 N–H and O–H groups in total.